The second-order valence-electron chi connectivity index (χ2n) is 6.82. The Bertz CT molecular complexity index is 813. The molecule has 0 heterocycles. The Morgan fingerprint density at radius 3 is 2.00 bits per heavy atom. The molecule has 0 aliphatic heterocycles. The van der Waals surface area contributed by atoms with Gasteiger partial charge in [-0.05, 0) is 49.2 Å². The molecule has 1 aliphatic carbocycles. The Labute approximate surface area is 157 Å². The van der Waals surface area contributed by atoms with Gasteiger partial charge in [0.05, 0.1) is 5.69 Å². The summed E-state index contributed by atoms with van der Waals surface area (Å²) < 4.78 is 26.6. The summed E-state index contributed by atoms with van der Waals surface area (Å²) in [7, 11) is 0. The lowest BCUT2D eigenvalue weighted by Crippen LogP contribution is -2.34. The normalized spacial score (nSPS) is 15.0. The highest BCUT2D eigenvalue weighted by Gasteiger charge is 2.16. The van der Waals surface area contributed by atoms with Gasteiger partial charge in [0.25, 0.3) is 11.8 Å². The molecular formula is C21H22F2N2O2. The van der Waals surface area contributed by atoms with Crippen molar-refractivity contribution in [2.45, 2.75) is 44.6 Å². The summed E-state index contributed by atoms with van der Waals surface area (Å²) in [5.74, 6) is -2.24. The Morgan fingerprint density at radius 2 is 1.41 bits per heavy atom. The monoisotopic (exact) mass is 372 g/mol. The van der Waals surface area contributed by atoms with E-state index >= 15 is 0 Å². The first kappa shape index (κ1) is 19.0. The Morgan fingerprint density at radius 1 is 0.815 bits per heavy atom. The van der Waals surface area contributed by atoms with Crippen LogP contribution in [0.4, 0.5) is 14.5 Å². The van der Waals surface area contributed by atoms with Crippen LogP contribution in [-0.2, 0) is 0 Å². The molecule has 2 amide bonds. The van der Waals surface area contributed by atoms with Gasteiger partial charge in [0.1, 0.15) is 11.6 Å². The largest absolute Gasteiger partial charge is 0.349 e. The number of hydrogen-bond acceptors (Lipinski definition) is 2. The number of amides is 2. The lowest BCUT2D eigenvalue weighted by Gasteiger charge is -2.16. The van der Waals surface area contributed by atoms with E-state index < -0.39 is 17.5 Å². The van der Waals surface area contributed by atoms with Crippen molar-refractivity contribution in [3.05, 3.63) is 65.2 Å². The van der Waals surface area contributed by atoms with Crippen LogP contribution in [0.15, 0.2) is 42.5 Å². The fourth-order valence-corrected chi connectivity index (χ4v) is 3.25. The maximum Gasteiger partial charge on any atom is 0.255 e. The highest BCUT2D eigenvalue weighted by molar-refractivity contribution is 6.05. The first-order valence-corrected chi connectivity index (χ1v) is 9.20. The molecule has 2 N–H and O–H groups in total. The Hall–Kier alpha value is -2.76. The molecule has 6 heteroatoms. The third kappa shape index (κ3) is 5.12. The summed E-state index contributed by atoms with van der Waals surface area (Å²) in [6.45, 7) is 0. The standard InChI is InChI=1S/C21H22F2N2O2/c22-16-11-12-19(18(23)13-16)25-21(27)15-9-7-14(8-10-15)20(26)24-17-5-3-1-2-4-6-17/h7-13,17H,1-6H2,(H,24,26)(H,25,27). The van der Waals surface area contributed by atoms with Crippen molar-refractivity contribution >= 4 is 17.5 Å². The number of nitrogens with one attached hydrogen (secondary N) is 2. The Balaban J connectivity index is 1.61. The van der Waals surface area contributed by atoms with Crippen LogP contribution in [0.2, 0.25) is 0 Å². The van der Waals surface area contributed by atoms with Crippen molar-refractivity contribution in [1.29, 1.82) is 0 Å². The topological polar surface area (TPSA) is 58.2 Å². The summed E-state index contributed by atoms with van der Waals surface area (Å²) in [5, 5.41) is 5.45. The van der Waals surface area contributed by atoms with Crippen molar-refractivity contribution in [3.63, 3.8) is 0 Å². The number of rotatable bonds is 4. The minimum atomic E-state index is -0.845. The summed E-state index contributed by atoms with van der Waals surface area (Å²) in [4.78, 5) is 24.6. The van der Waals surface area contributed by atoms with Crippen LogP contribution in [0.25, 0.3) is 0 Å². The van der Waals surface area contributed by atoms with Crippen molar-refractivity contribution in [2.75, 3.05) is 5.32 Å². The van der Waals surface area contributed by atoms with Crippen LogP contribution in [0.3, 0.4) is 0 Å². The Kier molecular flexibility index (Phi) is 6.16. The molecule has 1 aliphatic rings. The van der Waals surface area contributed by atoms with Crippen LogP contribution in [0, 0.1) is 11.6 Å². The molecule has 0 spiro atoms. The number of hydrogen-bond donors (Lipinski definition) is 2. The van der Waals surface area contributed by atoms with Gasteiger partial charge in [-0.2, -0.15) is 0 Å². The maximum atomic E-state index is 13.6. The number of carbonyl (C=O) groups is 2. The average molecular weight is 372 g/mol. The van der Waals surface area contributed by atoms with Gasteiger partial charge in [-0.1, -0.05) is 25.7 Å². The van der Waals surface area contributed by atoms with Crippen molar-refractivity contribution < 1.29 is 18.4 Å². The molecule has 0 bridgehead atoms. The van der Waals surface area contributed by atoms with E-state index in [1.54, 1.807) is 12.1 Å². The van der Waals surface area contributed by atoms with Crippen LogP contribution >= 0.6 is 0 Å². The van der Waals surface area contributed by atoms with E-state index in [2.05, 4.69) is 10.6 Å². The molecule has 142 valence electrons. The average Bonchev–Trinajstić information content (AvgIpc) is 2.92. The zero-order chi connectivity index (χ0) is 19.2. The molecule has 1 saturated carbocycles. The van der Waals surface area contributed by atoms with Gasteiger partial charge >= 0.3 is 0 Å². The number of anilines is 1. The number of benzene rings is 2. The molecule has 0 unspecified atom stereocenters. The molecule has 4 nitrogen and oxygen atoms in total. The van der Waals surface area contributed by atoms with Crippen LogP contribution in [0.5, 0.6) is 0 Å². The fourth-order valence-electron chi connectivity index (χ4n) is 3.25. The van der Waals surface area contributed by atoms with Crippen LogP contribution in [0.1, 0.15) is 59.2 Å². The van der Waals surface area contributed by atoms with E-state index in [0.717, 1.165) is 37.8 Å². The van der Waals surface area contributed by atoms with Crippen molar-refractivity contribution in [1.82, 2.24) is 5.32 Å². The van der Waals surface area contributed by atoms with E-state index in [1.807, 2.05) is 0 Å². The van der Waals surface area contributed by atoms with E-state index in [0.29, 0.717) is 11.6 Å². The summed E-state index contributed by atoms with van der Waals surface area (Å²) in [6, 6.07) is 9.30. The van der Waals surface area contributed by atoms with E-state index in [9.17, 15) is 18.4 Å². The van der Waals surface area contributed by atoms with Gasteiger partial charge in [0.2, 0.25) is 0 Å². The third-order valence-electron chi connectivity index (χ3n) is 4.78. The summed E-state index contributed by atoms with van der Waals surface area (Å²) >= 11 is 0. The minimum Gasteiger partial charge on any atom is -0.349 e. The van der Waals surface area contributed by atoms with Gasteiger partial charge in [0, 0.05) is 23.2 Å². The van der Waals surface area contributed by atoms with E-state index in [-0.39, 0.29) is 23.2 Å². The van der Waals surface area contributed by atoms with Crippen LogP contribution in [-0.4, -0.2) is 17.9 Å². The van der Waals surface area contributed by atoms with Gasteiger partial charge < -0.3 is 10.6 Å². The molecule has 0 radical (unpaired) electrons. The van der Waals surface area contributed by atoms with Gasteiger partial charge in [0.15, 0.2) is 0 Å². The maximum absolute atomic E-state index is 13.6. The SMILES string of the molecule is O=C(Nc1ccc(F)cc1F)c1ccc(C(=O)NC2CCCCCC2)cc1. The zero-order valence-corrected chi connectivity index (χ0v) is 14.9. The smallest absolute Gasteiger partial charge is 0.255 e. The first-order valence-electron chi connectivity index (χ1n) is 9.20. The van der Waals surface area contributed by atoms with Crippen molar-refractivity contribution in [3.8, 4) is 0 Å². The van der Waals surface area contributed by atoms with Gasteiger partial charge in [-0.25, -0.2) is 8.78 Å². The highest BCUT2D eigenvalue weighted by Crippen LogP contribution is 2.18. The van der Waals surface area contributed by atoms with Gasteiger partial charge in [-0.15, -0.1) is 0 Å². The van der Waals surface area contributed by atoms with Crippen LogP contribution < -0.4 is 10.6 Å². The molecule has 0 atom stereocenters. The molecule has 3 rings (SSSR count). The van der Waals surface area contributed by atoms with Crippen molar-refractivity contribution in [2.24, 2.45) is 0 Å². The fraction of sp³-hybridized carbons (Fsp3) is 0.333. The number of halogens is 2. The molecular weight excluding hydrogens is 350 g/mol. The molecule has 1 fully saturated rings. The highest BCUT2D eigenvalue weighted by atomic mass is 19.1. The minimum absolute atomic E-state index is 0.100. The summed E-state index contributed by atoms with van der Waals surface area (Å²) in [6.07, 6.45) is 6.68. The predicted octanol–water partition coefficient (Wildman–Crippen LogP) is 4.67. The molecule has 2 aromatic carbocycles. The molecule has 0 saturated heterocycles. The quantitative estimate of drug-likeness (QED) is 0.767. The molecule has 27 heavy (non-hydrogen) atoms. The lowest BCUT2D eigenvalue weighted by atomic mass is 10.1. The molecule has 2 aromatic rings. The molecule has 0 aromatic heterocycles. The lowest BCUT2D eigenvalue weighted by molar-refractivity contribution is 0.0932. The van der Waals surface area contributed by atoms with Gasteiger partial charge in [-0.3, -0.25) is 9.59 Å². The summed E-state index contributed by atoms with van der Waals surface area (Å²) in [5.41, 5.74) is 0.657. The second kappa shape index (κ2) is 8.75. The zero-order valence-electron chi connectivity index (χ0n) is 14.9. The second-order valence-corrected chi connectivity index (χ2v) is 6.82. The van der Waals surface area contributed by atoms with E-state index in [1.165, 1.54) is 25.0 Å². The predicted molar refractivity (Wildman–Crippen MR) is 99.7 cm³/mol. The number of carbonyl (C=O) groups excluding carboxylic acids is 2. The third-order valence-corrected chi connectivity index (χ3v) is 4.78. The van der Waals surface area contributed by atoms with E-state index in [4.69, 9.17) is 0 Å². The first-order chi connectivity index (χ1) is 13.0.